The molecule has 1 aromatic carbocycles. The number of phenols is 1. The van der Waals surface area contributed by atoms with Crippen molar-refractivity contribution in [2.75, 3.05) is 39.7 Å². The molecule has 0 bridgehead atoms. The standard InChI is InChI=1S/C25H33N3O8/c1-11(30)13-8-16(27(2)3)14-6-12-7-15(17(10-29)28(4)5)25(36,18(31)9-19(26)32)24(35)20(12)23(34)21(14)22(13)33/h8,12,15,17,20,29,33,36H,6-7,9-10H2,1-5H3,(H2,26,32)/t12-,15-,17+,20?,25+/m0/s1. The third-order valence-corrected chi connectivity index (χ3v) is 7.54. The van der Waals surface area contributed by atoms with Crippen LogP contribution in [0.5, 0.6) is 5.75 Å². The van der Waals surface area contributed by atoms with Crippen LogP contribution in [0.4, 0.5) is 5.69 Å². The Morgan fingerprint density at radius 3 is 2.28 bits per heavy atom. The number of carbonyl (C=O) groups is 5. The molecule has 1 saturated carbocycles. The number of fused-ring (bicyclic) bond motifs is 2. The van der Waals surface area contributed by atoms with Gasteiger partial charge >= 0.3 is 0 Å². The summed E-state index contributed by atoms with van der Waals surface area (Å²) in [5.41, 5.74) is 3.14. The number of likely N-dealkylation sites (N-methyl/N-ethyl adjacent to an activating group) is 1. The minimum Gasteiger partial charge on any atom is -0.506 e. The lowest BCUT2D eigenvalue weighted by Crippen LogP contribution is -2.67. The second kappa shape index (κ2) is 9.72. The quantitative estimate of drug-likeness (QED) is 0.262. The molecule has 5 N–H and O–H groups in total. The summed E-state index contributed by atoms with van der Waals surface area (Å²) < 4.78 is 0. The van der Waals surface area contributed by atoms with E-state index in [1.165, 1.54) is 13.0 Å². The Labute approximate surface area is 208 Å². The van der Waals surface area contributed by atoms with Gasteiger partial charge in [0.1, 0.15) is 5.75 Å². The molecule has 0 aromatic heterocycles. The fraction of sp³-hybridized carbons (Fsp3) is 0.560. The number of Topliss-reactive ketones (excluding diaryl/α,β-unsaturated/α-hetero) is 4. The summed E-state index contributed by atoms with van der Waals surface area (Å²) in [4.78, 5) is 67.6. The van der Waals surface area contributed by atoms with Gasteiger partial charge in [0, 0.05) is 31.7 Å². The Morgan fingerprint density at radius 1 is 1.19 bits per heavy atom. The van der Waals surface area contributed by atoms with Crippen LogP contribution in [0.25, 0.3) is 0 Å². The van der Waals surface area contributed by atoms with E-state index in [-0.39, 0.29) is 24.0 Å². The lowest BCUT2D eigenvalue weighted by atomic mass is 9.56. The van der Waals surface area contributed by atoms with Crippen molar-refractivity contribution < 1.29 is 39.3 Å². The van der Waals surface area contributed by atoms with Gasteiger partial charge in [0.2, 0.25) is 5.91 Å². The zero-order chi connectivity index (χ0) is 27.3. The SMILES string of the molecule is CC(=O)c1cc(N(C)C)c2c(c1O)C(=O)C1C(=O)[C@](O)(C(=O)CC(N)=O)[C@H]([C@@H](CO)N(C)C)C[C@@H]1C2. The molecule has 11 heteroatoms. The number of rotatable bonds is 8. The zero-order valence-corrected chi connectivity index (χ0v) is 21.1. The normalized spacial score (nSPS) is 26.3. The number of aliphatic hydroxyl groups is 2. The third-order valence-electron chi connectivity index (χ3n) is 7.54. The first-order valence-electron chi connectivity index (χ1n) is 11.6. The van der Waals surface area contributed by atoms with E-state index in [1.54, 1.807) is 38.0 Å². The van der Waals surface area contributed by atoms with E-state index in [2.05, 4.69) is 0 Å². The summed E-state index contributed by atoms with van der Waals surface area (Å²) >= 11 is 0. The summed E-state index contributed by atoms with van der Waals surface area (Å²) in [6.45, 7) is 0.746. The fourth-order valence-electron chi connectivity index (χ4n) is 5.78. The van der Waals surface area contributed by atoms with Crippen molar-refractivity contribution in [3.8, 4) is 5.75 Å². The maximum absolute atomic E-state index is 13.8. The lowest BCUT2D eigenvalue weighted by Gasteiger charge is -2.49. The van der Waals surface area contributed by atoms with Gasteiger partial charge in [-0.25, -0.2) is 0 Å². The van der Waals surface area contributed by atoms with E-state index in [4.69, 9.17) is 5.73 Å². The molecule has 3 rings (SSSR count). The first-order chi connectivity index (χ1) is 16.7. The number of carbonyl (C=O) groups excluding carboxylic acids is 5. The number of amides is 1. The van der Waals surface area contributed by atoms with Crippen molar-refractivity contribution in [3.05, 3.63) is 22.8 Å². The summed E-state index contributed by atoms with van der Waals surface area (Å²) in [5, 5.41) is 32.5. The van der Waals surface area contributed by atoms with Crippen LogP contribution in [-0.2, 0) is 20.8 Å². The number of nitrogens with zero attached hydrogens (tertiary/aromatic N) is 2. The van der Waals surface area contributed by atoms with E-state index in [1.807, 2.05) is 0 Å². The van der Waals surface area contributed by atoms with Crippen LogP contribution in [0, 0.1) is 17.8 Å². The summed E-state index contributed by atoms with van der Waals surface area (Å²) in [6, 6.07) is 0.657. The number of nitrogens with two attached hydrogens (primary N) is 1. The van der Waals surface area contributed by atoms with Crippen molar-refractivity contribution >= 4 is 34.7 Å². The molecule has 2 aliphatic rings. The highest BCUT2D eigenvalue weighted by atomic mass is 16.3. The molecular formula is C25H33N3O8. The third kappa shape index (κ3) is 4.21. The molecule has 0 spiro atoms. The van der Waals surface area contributed by atoms with Gasteiger partial charge in [0.05, 0.1) is 30.1 Å². The van der Waals surface area contributed by atoms with Crippen molar-refractivity contribution in [3.63, 3.8) is 0 Å². The van der Waals surface area contributed by atoms with Crippen LogP contribution >= 0.6 is 0 Å². The summed E-state index contributed by atoms with van der Waals surface area (Å²) in [6.07, 6.45) is -0.760. The molecule has 1 amide bonds. The van der Waals surface area contributed by atoms with Gasteiger partial charge in [-0.1, -0.05) is 0 Å². The first-order valence-corrected chi connectivity index (χ1v) is 11.6. The molecule has 5 atom stereocenters. The highest BCUT2D eigenvalue weighted by Crippen LogP contribution is 2.50. The molecule has 11 nitrogen and oxygen atoms in total. The molecule has 0 radical (unpaired) electrons. The molecule has 0 heterocycles. The average molecular weight is 504 g/mol. The lowest BCUT2D eigenvalue weighted by molar-refractivity contribution is -0.171. The molecule has 196 valence electrons. The Kier molecular flexibility index (Phi) is 7.41. The van der Waals surface area contributed by atoms with E-state index < -0.39 is 77.2 Å². The highest BCUT2D eigenvalue weighted by molar-refractivity contribution is 6.25. The maximum Gasteiger partial charge on any atom is 0.225 e. The van der Waals surface area contributed by atoms with Crippen LogP contribution in [0.1, 0.15) is 46.0 Å². The average Bonchev–Trinajstić information content (AvgIpc) is 2.76. The number of aromatic hydroxyl groups is 1. The molecule has 1 unspecified atom stereocenters. The minimum atomic E-state index is -2.75. The molecule has 0 saturated heterocycles. The van der Waals surface area contributed by atoms with Gasteiger partial charge in [-0.05, 0) is 51.4 Å². The van der Waals surface area contributed by atoms with Crippen molar-refractivity contribution in [1.82, 2.24) is 4.90 Å². The van der Waals surface area contributed by atoms with Crippen LogP contribution in [0.15, 0.2) is 6.07 Å². The second-order valence-corrected chi connectivity index (χ2v) is 10.2. The van der Waals surface area contributed by atoms with E-state index in [0.29, 0.717) is 11.3 Å². The Hall–Kier alpha value is -3.15. The molecule has 1 aromatic rings. The summed E-state index contributed by atoms with van der Waals surface area (Å²) in [7, 11) is 6.67. The molecule has 0 aliphatic heterocycles. The molecule has 36 heavy (non-hydrogen) atoms. The number of ketones is 4. The van der Waals surface area contributed by atoms with E-state index >= 15 is 0 Å². The van der Waals surface area contributed by atoms with Crippen molar-refractivity contribution in [2.24, 2.45) is 23.5 Å². The predicted octanol–water partition coefficient (Wildman–Crippen LogP) is -0.681. The number of benzene rings is 1. The fourth-order valence-corrected chi connectivity index (χ4v) is 5.78. The smallest absolute Gasteiger partial charge is 0.225 e. The van der Waals surface area contributed by atoms with Gasteiger partial charge in [-0.2, -0.15) is 0 Å². The number of hydrogen-bond donors (Lipinski definition) is 4. The largest absolute Gasteiger partial charge is 0.506 e. The van der Waals surface area contributed by atoms with Gasteiger partial charge in [0.15, 0.2) is 28.7 Å². The van der Waals surface area contributed by atoms with Crippen LogP contribution in [0.3, 0.4) is 0 Å². The number of anilines is 1. The zero-order valence-electron chi connectivity index (χ0n) is 21.1. The van der Waals surface area contributed by atoms with Gasteiger partial charge < -0.3 is 30.9 Å². The highest BCUT2D eigenvalue weighted by Gasteiger charge is 2.63. The van der Waals surface area contributed by atoms with Gasteiger partial charge in [0.25, 0.3) is 0 Å². The number of hydrogen-bond acceptors (Lipinski definition) is 10. The molecular weight excluding hydrogens is 470 g/mol. The Bertz CT molecular complexity index is 1140. The molecule has 2 aliphatic carbocycles. The first kappa shape index (κ1) is 27.4. The topological polar surface area (TPSA) is 179 Å². The maximum atomic E-state index is 13.8. The minimum absolute atomic E-state index is 0.00802. The molecule has 1 fully saturated rings. The second-order valence-electron chi connectivity index (χ2n) is 10.2. The van der Waals surface area contributed by atoms with E-state index in [0.717, 1.165) is 0 Å². The monoisotopic (exact) mass is 503 g/mol. The number of primary amides is 1. The van der Waals surface area contributed by atoms with Gasteiger partial charge in [-0.3, -0.25) is 24.0 Å². The van der Waals surface area contributed by atoms with E-state index in [9.17, 15) is 39.3 Å². The predicted molar refractivity (Wildman–Crippen MR) is 129 cm³/mol. The Balaban J connectivity index is 2.25. The van der Waals surface area contributed by atoms with Crippen LogP contribution < -0.4 is 10.6 Å². The summed E-state index contributed by atoms with van der Waals surface area (Å²) in [5.74, 6) is -8.37. The van der Waals surface area contributed by atoms with Gasteiger partial charge in [-0.15, -0.1) is 0 Å². The number of phenolic OH excluding ortho intramolecular Hbond substituents is 1. The van der Waals surface area contributed by atoms with Crippen LogP contribution in [-0.4, -0.2) is 95.7 Å². The van der Waals surface area contributed by atoms with Crippen LogP contribution in [0.2, 0.25) is 0 Å². The van der Waals surface area contributed by atoms with Crippen molar-refractivity contribution in [1.29, 1.82) is 0 Å². The number of aliphatic hydroxyl groups excluding tert-OH is 1. The van der Waals surface area contributed by atoms with Crippen molar-refractivity contribution in [2.45, 2.75) is 37.8 Å². The Morgan fingerprint density at radius 2 is 1.81 bits per heavy atom.